The van der Waals surface area contributed by atoms with Gasteiger partial charge in [-0.1, -0.05) is 11.6 Å². The van der Waals surface area contributed by atoms with E-state index in [-0.39, 0.29) is 12.6 Å². The molecule has 0 saturated carbocycles. The lowest BCUT2D eigenvalue weighted by Gasteiger charge is -2.07. The van der Waals surface area contributed by atoms with Gasteiger partial charge in [-0.25, -0.2) is 4.68 Å². The fourth-order valence-corrected chi connectivity index (χ4v) is 2.46. The molecular formula is C18H20ClN5O2. The lowest BCUT2D eigenvalue weighted by atomic mass is 10.2. The fourth-order valence-electron chi connectivity index (χ4n) is 2.34. The quantitative estimate of drug-likeness (QED) is 0.690. The minimum Gasteiger partial charge on any atom is -0.471 e. The van der Waals surface area contributed by atoms with Gasteiger partial charge in [-0.3, -0.25) is 9.48 Å². The predicted molar refractivity (Wildman–Crippen MR) is 98.1 cm³/mol. The van der Waals surface area contributed by atoms with Crippen molar-refractivity contribution >= 4 is 17.5 Å². The molecule has 0 bridgehead atoms. The molecule has 136 valence electrons. The van der Waals surface area contributed by atoms with E-state index in [0.29, 0.717) is 23.0 Å². The van der Waals surface area contributed by atoms with Crippen LogP contribution in [0.3, 0.4) is 0 Å². The molecule has 0 unspecified atom stereocenters. The number of amides is 1. The van der Waals surface area contributed by atoms with Crippen LogP contribution < -0.4 is 10.1 Å². The van der Waals surface area contributed by atoms with Gasteiger partial charge in [-0.15, -0.1) is 0 Å². The van der Waals surface area contributed by atoms with Gasteiger partial charge in [0.1, 0.15) is 11.4 Å². The second-order valence-corrected chi connectivity index (χ2v) is 6.18. The van der Waals surface area contributed by atoms with E-state index in [9.17, 15) is 4.79 Å². The van der Waals surface area contributed by atoms with E-state index in [0.717, 1.165) is 17.8 Å². The van der Waals surface area contributed by atoms with Gasteiger partial charge in [0.2, 0.25) is 0 Å². The van der Waals surface area contributed by atoms with Gasteiger partial charge < -0.3 is 10.1 Å². The second kappa shape index (κ2) is 8.05. The van der Waals surface area contributed by atoms with E-state index in [4.69, 9.17) is 16.3 Å². The van der Waals surface area contributed by atoms with Crippen LogP contribution in [0.25, 0.3) is 0 Å². The Bertz CT molecular complexity index is 903. The van der Waals surface area contributed by atoms with Crippen LogP contribution in [0.5, 0.6) is 5.75 Å². The summed E-state index contributed by atoms with van der Waals surface area (Å²) in [5.74, 6) is 0.442. The summed E-state index contributed by atoms with van der Waals surface area (Å²) in [5, 5.41) is 12.1. The number of aromatic nitrogens is 4. The topological polar surface area (TPSA) is 74.0 Å². The SMILES string of the molecule is CCn1ccc(CNC(=O)c2ccn(COc3ccc(Cl)c(C)c3)n2)n1. The minimum atomic E-state index is -0.253. The van der Waals surface area contributed by atoms with Crippen LogP contribution in [0.1, 0.15) is 28.7 Å². The second-order valence-electron chi connectivity index (χ2n) is 5.77. The van der Waals surface area contributed by atoms with Crippen LogP contribution in [0.4, 0.5) is 0 Å². The third-order valence-corrected chi connectivity index (χ3v) is 4.24. The number of halogens is 1. The van der Waals surface area contributed by atoms with Gasteiger partial charge in [0, 0.05) is 24.0 Å². The molecule has 0 saturated heterocycles. The molecule has 7 nitrogen and oxygen atoms in total. The molecule has 0 aliphatic carbocycles. The van der Waals surface area contributed by atoms with Crippen LogP contribution in [0.15, 0.2) is 42.7 Å². The molecule has 0 aliphatic rings. The maximum absolute atomic E-state index is 12.2. The van der Waals surface area contributed by atoms with E-state index in [1.54, 1.807) is 29.1 Å². The van der Waals surface area contributed by atoms with Gasteiger partial charge in [0.05, 0.1) is 12.2 Å². The number of hydrogen-bond acceptors (Lipinski definition) is 4. The van der Waals surface area contributed by atoms with E-state index >= 15 is 0 Å². The van der Waals surface area contributed by atoms with Crippen molar-refractivity contribution < 1.29 is 9.53 Å². The fraction of sp³-hybridized carbons (Fsp3) is 0.278. The number of rotatable bonds is 7. The van der Waals surface area contributed by atoms with Crippen molar-refractivity contribution in [1.29, 1.82) is 0 Å². The van der Waals surface area contributed by atoms with Gasteiger partial charge in [0.15, 0.2) is 6.73 Å². The molecule has 8 heteroatoms. The summed E-state index contributed by atoms with van der Waals surface area (Å²) in [6, 6.07) is 8.96. The summed E-state index contributed by atoms with van der Waals surface area (Å²) in [6.07, 6.45) is 3.58. The third-order valence-electron chi connectivity index (χ3n) is 3.82. The molecule has 0 radical (unpaired) electrons. The zero-order valence-electron chi connectivity index (χ0n) is 14.6. The van der Waals surface area contributed by atoms with Crippen LogP contribution in [-0.2, 0) is 19.8 Å². The van der Waals surface area contributed by atoms with Crippen molar-refractivity contribution in [2.75, 3.05) is 0 Å². The van der Waals surface area contributed by atoms with E-state index in [1.807, 2.05) is 36.9 Å². The molecule has 26 heavy (non-hydrogen) atoms. The number of hydrogen-bond donors (Lipinski definition) is 1. The Balaban J connectivity index is 1.53. The van der Waals surface area contributed by atoms with Gasteiger partial charge >= 0.3 is 0 Å². The first kappa shape index (κ1) is 18.0. The Hall–Kier alpha value is -2.80. The summed E-state index contributed by atoms with van der Waals surface area (Å²) in [4.78, 5) is 12.2. The Labute approximate surface area is 156 Å². The highest BCUT2D eigenvalue weighted by atomic mass is 35.5. The molecule has 2 heterocycles. The molecule has 3 aromatic rings. The first-order chi connectivity index (χ1) is 12.5. The third kappa shape index (κ3) is 4.43. The Morgan fingerprint density at radius 1 is 1.19 bits per heavy atom. The summed E-state index contributed by atoms with van der Waals surface area (Å²) >= 11 is 6.00. The molecular weight excluding hydrogens is 354 g/mol. The van der Waals surface area contributed by atoms with Gasteiger partial charge in [-0.2, -0.15) is 10.2 Å². The molecule has 0 aliphatic heterocycles. The van der Waals surface area contributed by atoms with Crippen LogP contribution in [0.2, 0.25) is 5.02 Å². The van der Waals surface area contributed by atoms with Crippen LogP contribution >= 0.6 is 11.6 Å². The molecule has 0 fully saturated rings. The summed E-state index contributed by atoms with van der Waals surface area (Å²) in [7, 11) is 0. The number of ether oxygens (including phenoxy) is 1. The first-order valence-corrected chi connectivity index (χ1v) is 8.66. The lowest BCUT2D eigenvalue weighted by Crippen LogP contribution is -2.24. The van der Waals surface area contributed by atoms with Gasteiger partial charge in [0.25, 0.3) is 5.91 Å². The number of carbonyl (C=O) groups is 1. The smallest absolute Gasteiger partial charge is 0.272 e. The largest absolute Gasteiger partial charge is 0.471 e. The van der Waals surface area contributed by atoms with Crippen LogP contribution in [-0.4, -0.2) is 25.5 Å². The molecule has 1 aromatic carbocycles. The Morgan fingerprint density at radius 2 is 2.00 bits per heavy atom. The number of benzene rings is 1. The van der Waals surface area contributed by atoms with E-state index in [1.165, 1.54) is 0 Å². The van der Waals surface area contributed by atoms with Crippen molar-refractivity contribution in [2.45, 2.75) is 33.7 Å². The highest BCUT2D eigenvalue weighted by Crippen LogP contribution is 2.21. The number of nitrogens with zero attached hydrogens (tertiary/aromatic N) is 4. The Kier molecular flexibility index (Phi) is 5.58. The number of carbonyl (C=O) groups excluding carboxylic acids is 1. The van der Waals surface area contributed by atoms with Crippen molar-refractivity contribution in [3.8, 4) is 5.75 Å². The number of aryl methyl sites for hydroxylation is 2. The zero-order valence-corrected chi connectivity index (χ0v) is 15.4. The van der Waals surface area contributed by atoms with Crippen molar-refractivity contribution in [3.63, 3.8) is 0 Å². The van der Waals surface area contributed by atoms with Crippen molar-refractivity contribution in [2.24, 2.45) is 0 Å². The maximum Gasteiger partial charge on any atom is 0.272 e. The average Bonchev–Trinajstić information content (AvgIpc) is 3.30. The molecule has 1 amide bonds. The van der Waals surface area contributed by atoms with Crippen LogP contribution in [0, 0.1) is 6.92 Å². The molecule has 3 rings (SSSR count). The lowest BCUT2D eigenvalue weighted by molar-refractivity contribution is 0.0943. The standard InChI is InChI=1S/C18H20ClN5O2/c1-3-23-8-6-14(21-23)11-20-18(25)17-7-9-24(22-17)12-26-15-4-5-16(19)13(2)10-15/h4-10H,3,11-12H2,1-2H3,(H,20,25). The summed E-state index contributed by atoms with van der Waals surface area (Å²) < 4.78 is 9.03. The normalized spacial score (nSPS) is 10.7. The van der Waals surface area contributed by atoms with E-state index < -0.39 is 0 Å². The average molecular weight is 374 g/mol. The molecule has 0 spiro atoms. The molecule has 0 atom stereocenters. The van der Waals surface area contributed by atoms with Crippen molar-refractivity contribution in [1.82, 2.24) is 24.9 Å². The monoisotopic (exact) mass is 373 g/mol. The van der Waals surface area contributed by atoms with Crippen molar-refractivity contribution in [3.05, 3.63) is 64.7 Å². The zero-order chi connectivity index (χ0) is 18.5. The summed E-state index contributed by atoms with van der Waals surface area (Å²) in [6.45, 7) is 5.28. The Morgan fingerprint density at radius 3 is 2.73 bits per heavy atom. The number of nitrogens with one attached hydrogen (secondary N) is 1. The predicted octanol–water partition coefficient (Wildman–Crippen LogP) is 3.03. The highest BCUT2D eigenvalue weighted by molar-refractivity contribution is 6.31. The summed E-state index contributed by atoms with van der Waals surface area (Å²) in [5.41, 5.74) is 2.08. The minimum absolute atomic E-state index is 0.204. The first-order valence-electron chi connectivity index (χ1n) is 8.28. The van der Waals surface area contributed by atoms with E-state index in [2.05, 4.69) is 15.5 Å². The molecule has 1 N–H and O–H groups in total. The van der Waals surface area contributed by atoms with Gasteiger partial charge in [-0.05, 0) is 49.7 Å². The highest BCUT2D eigenvalue weighted by Gasteiger charge is 2.10. The maximum atomic E-state index is 12.2. The molecule has 2 aromatic heterocycles.